The molecule has 0 unspecified atom stereocenters. The van der Waals surface area contributed by atoms with Crippen LogP contribution in [0.4, 0.5) is 0 Å². The number of fused-ring (bicyclic) bond motifs is 3. The largest absolute Gasteiger partial charge is 0.497 e. The molecule has 3 heterocycles. The molecule has 2 aromatic carbocycles. The number of hydrogen-bond acceptors (Lipinski definition) is 6. The van der Waals surface area contributed by atoms with Crippen molar-refractivity contribution in [3.63, 3.8) is 0 Å². The van der Waals surface area contributed by atoms with E-state index in [1.54, 1.807) is 17.7 Å². The van der Waals surface area contributed by atoms with E-state index in [2.05, 4.69) is 4.90 Å². The van der Waals surface area contributed by atoms with Crippen molar-refractivity contribution in [1.29, 1.82) is 0 Å². The van der Waals surface area contributed by atoms with Gasteiger partial charge in [-0.05, 0) is 61.4 Å². The highest BCUT2D eigenvalue weighted by molar-refractivity contribution is 6.05. The van der Waals surface area contributed by atoms with E-state index in [1.165, 1.54) is 0 Å². The highest BCUT2D eigenvalue weighted by Crippen LogP contribution is 2.28. The Hall–Kier alpha value is -3.42. The van der Waals surface area contributed by atoms with Gasteiger partial charge in [-0.3, -0.25) is 9.69 Å². The number of hydrogen-bond donors (Lipinski definition) is 0. The molecule has 0 amide bonds. The summed E-state index contributed by atoms with van der Waals surface area (Å²) < 4.78 is 18.0. The van der Waals surface area contributed by atoms with Gasteiger partial charge in [-0.2, -0.15) is 0 Å². The number of nitrogens with zero attached hydrogens (tertiary/aromatic N) is 2. The Morgan fingerprint density at radius 1 is 0.941 bits per heavy atom. The number of benzene rings is 2. The lowest BCUT2D eigenvalue weighted by atomic mass is 10.0. The average Bonchev–Trinajstić information content (AvgIpc) is 2.86. The van der Waals surface area contributed by atoms with Gasteiger partial charge < -0.3 is 18.5 Å². The summed E-state index contributed by atoms with van der Waals surface area (Å²) in [5.74, 6) is 0.743. The third-order valence-corrected chi connectivity index (χ3v) is 6.48. The molecule has 1 fully saturated rings. The molecule has 0 atom stereocenters. The Kier molecular flexibility index (Phi) is 6.22. The maximum atomic E-state index is 13.7. The second-order valence-corrected chi connectivity index (χ2v) is 8.70. The van der Waals surface area contributed by atoms with Crippen LogP contribution in [0.1, 0.15) is 12.0 Å². The SMILES string of the molecule is COc1ccc(-c2cc3c(c(=O)oc4ccc(C)cc43)c(=O)n2CCCN2CCOCC2)cc1. The molecule has 0 radical (unpaired) electrons. The minimum Gasteiger partial charge on any atom is -0.497 e. The summed E-state index contributed by atoms with van der Waals surface area (Å²) in [5, 5.41) is 1.49. The van der Waals surface area contributed by atoms with Crippen LogP contribution in [0.5, 0.6) is 5.75 Å². The van der Waals surface area contributed by atoms with Gasteiger partial charge in [-0.15, -0.1) is 0 Å². The summed E-state index contributed by atoms with van der Waals surface area (Å²) in [5.41, 5.74) is 2.26. The normalized spacial score (nSPS) is 14.6. The molecule has 34 heavy (non-hydrogen) atoms. The summed E-state index contributed by atoms with van der Waals surface area (Å²) in [4.78, 5) is 28.9. The lowest BCUT2D eigenvalue weighted by molar-refractivity contribution is 0.0369. The van der Waals surface area contributed by atoms with Crippen LogP contribution >= 0.6 is 0 Å². The van der Waals surface area contributed by atoms with Gasteiger partial charge in [0.2, 0.25) is 0 Å². The molecule has 0 bridgehead atoms. The van der Waals surface area contributed by atoms with E-state index in [4.69, 9.17) is 13.9 Å². The first-order valence-electron chi connectivity index (χ1n) is 11.6. The summed E-state index contributed by atoms with van der Waals surface area (Å²) >= 11 is 0. The molecule has 0 spiro atoms. The third kappa shape index (κ3) is 4.24. The van der Waals surface area contributed by atoms with E-state index in [-0.39, 0.29) is 10.9 Å². The minimum atomic E-state index is -0.598. The summed E-state index contributed by atoms with van der Waals surface area (Å²) in [7, 11) is 1.63. The van der Waals surface area contributed by atoms with Crippen molar-refractivity contribution in [3.05, 3.63) is 74.9 Å². The van der Waals surface area contributed by atoms with E-state index >= 15 is 0 Å². The van der Waals surface area contributed by atoms with Crippen LogP contribution in [0.25, 0.3) is 33.0 Å². The average molecular weight is 461 g/mol. The molecule has 176 valence electrons. The first kappa shape index (κ1) is 22.4. The van der Waals surface area contributed by atoms with Crippen LogP contribution in [-0.2, 0) is 11.3 Å². The molecule has 0 saturated carbocycles. The summed E-state index contributed by atoms with van der Waals surface area (Å²) in [6, 6.07) is 15.2. The Bertz CT molecular complexity index is 1450. The van der Waals surface area contributed by atoms with Crippen LogP contribution in [0.15, 0.2) is 62.5 Å². The van der Waals surface area contributed by atoms with E-state index in [1.807, 2.05) is 49.4 Å². The van der Waals surface area contributed by atoms with E-state index < -0.39 is 5.63 Å². The molecule has 7 heteroatoms. The van der Waals surface area contributed by atoms with Crippen LogP contribution < -0.4 is 15.9 Å². The van der Waals surface area contributed by atoms with Crippen molar-refractivity contribution >= 4 is 21.7 Å². The Morgan fingerprint density at radius 2 is 1.71 bits per heavy atom. The molecular weight excluding hydrogens is 432 g/mol. The van der Waals surface area contributed by atoms with Crippen molar-refractivity contribution in [2.75, 3.05) is 40.0 Å². The van der Waals surface area contributed by atoms with Crippen LogP contribution in [0.2, 0.25) is 0 Å². The van der Waals surface area contributed by atoms with E-state index in [0.717, 1.165) is 67.2 Å². The van der Waals surface area contributed by atoms with E-state index in [9.17, 15) is 9.59 Å². The third-order valence-electron chi connectivity index (χ3n) is 6.48. The van der Waals surface area contributed by atoms with Crippen LogP contribution in [-0.4, -0.2) is 49.4 Å². The van der Waals surface area contributed by atoms with Gasteiger partial charge in [0.25, 0.3) is 5.56 Å². The first-order valence-corrected chi connectivity index (χ1v) is 11.6. The Balaban J connectivity index is 1.66. The predicted molar refractivity (Wildman–Crippen MR) is 133 cm³/mol. The predicted octanol–water partition coefficient (Wildman–Crippen LogP) is 3.81. The number of pyridine rings is 1. The second-order valence-electron chi connectivity index (χ2n) is 8.70. The number of aromatic nitrogens is 1. The summed E-state index contributed by atoms with van der Waals surface area (Å²) in [6.07, 6.45) is 0.784. The van der Waals surface area contributed by atoms with E-state index in [0.29, 0.717) is 17.5 Å². The number of rotatable bonds is 6. The lowest BCUT2D eigenvalue weighted by Crippen LogP contribution is -2.37. The van der Waals surface area contributed by atoms with Gasteiger partial charge >= 0.3 is 5.63 Å². The maximum Gasteiger partial charge on any atom is 0.349 e. The molecule has 0 aliphatic carbocycles. The summed E-state index contributed by atoms with van der Waals surface area (Å²) in [6.45, 7) is 6.61. The first-order chi connectivity index (χ1) is 16.5. The molecule has 1 saturated heterocycles. The molecule has 2 aromatic heterocycles. The maximum absolute atomic E-state index is 13.7. The lowest BCUT2D eigenvalue weighted by Gasteiger charge is -2.26. The van der Waals surface area contributed by atoms with Gasteiger partial charge in [-0.1, -0.05) is 11.6 Å². The number of methoxy groups -OCH3 is 1. The quantitative estimate of drug-likeness (QED) is 0.322. The molecule has 1 aliphatic heterocycles. The fourth-order valence-corrected chi connectivity index (χ4v) is 4.65. The number of aryl methyl sites for hydroxylation is 1. The zero-order chi connectivity index (χ0) is 23.7. The fraction of sp³-hybridized carbons (Fsp3) is 0.333. The van der Waals surface area contributed by atoms with Gasteiger partial charge in [-0.25, -0.2) is 4.79 Å². The molecule has 5 rings (SSSR count). The van der Waals surface area contributed by atoms with Gasteiger partial charge in [0.15, 0.2) is 0 Å². The van der Waals surface area contributed by atoms with Crippen LogP contribution in [0, 0.1) is 6.92 Å². The fourth-order valence-electron chi connectivity index (χ4n) is 4.65. The molecule has 0 N–H and O–H groups in total. The van der Waals surface area contributed by atoms with Crippen molar-refractivity contribution in [3.8, 4) is 17.0 Å². The van der Waals surface area contributed by atoms with Crippen molar-refractivity contribution in [2.45, 2.75) is 19.9 Å². The monoisotopic (exact) mass is 460 g/mol. The van der Waals surface area contributed by atoms with Gasteiger partial charge in [0.05, 0.1) is 26.0 Å². The Morgan fingerprint density at radius 3 is 2.44 bits per heavy atom. The number of ether oxygens (including phenoxy) is 2. The highest BCUT2D eigenvalue weighted by atomic mass is 16.5. The molecule has 7 nitrogen and oxygen atoms in total. The van der Waals surface area contributed by atoms with Crippen molar-refractivity contribution in [1.82, 2.24) is 9.47 Å². The minimum absolute atomic E-state index is 0.0988. The van der Waals surface area contributed by atoms with Gasteiger partial charge in [0, 0.05) is 37.0 Å². The number of morpholine rings is 1. The topological polar surface area (TPSA) is 73.9 Å². The van der Waals surface area contributed by atoms with Crippen molar-refractivity contribution < 1.29 is 13.9 Å². The molecular formula is C27H28N2O5. The highest BCUT2D eigenvalue weighted by Gasteiger charge is 2.18. The van der Waals surface area contributed by atoms with Gasteiger partial charge in [0.1, 0.15) is 16.7 Å². The molecule has 1 aliphatic rings. The Labute approximate surface area is 197 Å². The van der Waals surface area contributed by atoms with Crippen LogP contribution in [0.3, 0.4) is 0 Å². The zero-order valence-electron chi connectivity index (χ0n) is 19.5. The zero-order valence-corrected chi connectivity index (χ0v) is 19.5. The smallest absolute Gasteiger partial charge is 0.349 e. The molecule has 4 aromatic rings. The second kappa shape index (κ2) is 9.44. The van der Waals surface area contributed by atoms with Crippen molar-refractivity contribution in [2.24, 2.45) is 0 Å². The standard InChI is InChI=1S/C27H28N2O5/c1-18-4-9-24-21(16-18)22-17-23(19-5-7-20(32-2)8-6-19)29(26(30)25(22)27(31)34-24)11-3-10-28-12-14-33-15-13-28/h4-9,16-17H,3,10-15H2,1-2H3.